The summed E-state index contributed by atoms with van der Waals surface area (Å²) in [7, 11) is 2.91. The molecule has 1 atom stereocenters. The van der Waals surface area contributed by atoms with Gasteiger partial charge in [-0.3, -0.25) is 9.59 Å². The van der Waals surface area contributed by atoms with Gasteiger partial charge in [0.1, 0.15) is 5.69 Å². The topological polar surface area (TPSA) is 108 Å². The Morgan fingerprint density at radius 2 is 1.45 bits per heavy atom. The minimum absolute atomic E-state index is 0.191. The van der Waals surface area contributed by atoms with Crippen LogP contribution in [0.15, 0.2) is 34.5 Å². The first-order valence-electron chi connectivity index (χ1n) is 9.98. The SMILES string of the molecule is CCOc1cc(Cl)c(N=NC(C(C)=O)C(=O)Nc2cc(OC)c(OC)cc2Cl)cc1OCC. The molecule has 0 saturated heterocycles. The highest BCUT2D eigenvalue weighted by Crippen LogP contribution is 2.39. The van der Waals surface area contributed by atoms with E-state index in [0.717, 1.165) is 0 Å². The zero-order valence-electron chi connectivity index (χ0n) is 18.9. The van der Waals surface area contributed by atoms with E-state index in [2.05, 4.69) is 15.5 Å². The fourth-order valence-electron chi connectivity index (χ4n) is 2.73. The first kappa shape index (κ1) is 26.2. The zero-order valence-corrected chi connectivity index (χ0v) is 20.4. The molecule has 1 N–H and O–H groups in total. The van der Waals surface area contributed by atoms with E-state index in [1.165, 1.54) is 45.4 Å². The molecule has 0 aliphatic carbocycles. The number of methoxy groups -OCH3 is 2. The number of rotatable bonds is 11. The maximum absolute atomic E-state index is 12.8. The van der Waals surface area contributed by atoms with Gasteiger partial charge in [0.2, 0.25) is 6.04 Å². The monoisotopic (exact) mass is 497 g/mol. The number of halogens is 2. The van der Waals surface area contributed by atoms with Crippen molar-refractivity contribution in [1.29, 1.82) is 0 Å². The number of ketones is 1. The molecule has 0 aliphatic heterocycles. The number of hydrogen-bond donors (Lipinski definition) is 1. The summed E-state index contributed by atoms with van der Waals surface area (Å²) in [6, 6.07) is 4.59. The van der Waals surface area contributed by atoms with Gasteiger partial charge in [-0.1, -0.05) is 23.2 Å². The van der Waals surface area contributed by atoms with Crippen LogP contribution >= 0.6 is 23.2 Å². The number of amides is 1. The molecule has 1 unspecified atom stereocenters. The van der Waals surface area contributed by atoms with Gasteiger partial charge < -0.3 is 24.3 Å². The number of azo groups is 1. The second kappa shape index (κ2) is 12.3. The Kier molecular flexibility index (Phi) is 9.74. The van der Waals surface area contributed by atoms with Gasteiger partial charge in [0.15, 0.2) is 28.8 Å². The van der Waals surface area contributed by atoms with Gasteiger partial charge in [-0.2, -0.15) is 10.2 Å². The Balaban J connectivity index is 2.32. The lowest BCUT2D eigenvalue weighted by atomic mass is 10.2. The van der Waals surface area contributed by atoms with Crippen LogP contribution in [0.5, 0.6) is 23.0 Å². The lowest BCUT2D eigenvalue weighted by Gasteiger charge is -2.14. The van der Waals surface area contributed by atoms with E-state index in [0.29, 0.717) is 36.2 Å². The minimum atomic E-state index is -1.44. The van der Waals surface area contributed by atoms with Crippen LogP contribution in [0.1, 0.15) is 20.8 Å². The standard InChI is InChI=1S/C22H25Cl2N3O6/c1-6-32-19-9-14(24)16(11-20(19)33-7-2)26-27-21(12(3)28)22(29)25-15-10-18(31-5)17(30-4)8-13(15)23/h8-11,21H,6-7H2,1-5H3,(H,25,29). The number of carbonyl (C=O) groups excluding carboxylic acids is 2. The van der Waals surface area contributed by atoms with Crippen molar-refractivity contribution in [1.82, 2.24) is 0 Å². The van der Waals surface area contributed by atoms with Gasteiger partial charge >= 0.3 is 0 Å². The number of hydrogen-bond acceptors (Lipinski definition) is 8. The van der Waals surface area contributed by atoms with Crippen LogP contribution in [-0.4, -0.2) is 45.2 Å². The molecule has 0 heterocycles. The van der Waals surface area contributed by atoms with E-state index in [4.69, 9.17) is 42.1 Å². The van der Waals surface area contributed by atoms with Crippen LogP contribution in [0, 0.1) is 0 Å². The Bertz CT molecular complexity index is 1050. The average Bonchev–Trinajstić information content (AvgIpc) is 2.77. The Morgan fingerprint density at radius 3 is 2.00 bits per heavy atom. The van der Waals surface area contributed by atoms with Crippen LogP contribution < -0.4 is 24.3 Å². The molecule has 9 nitrogen and oxygen atoms in total. The van der Waals surface area contributed by atoms with Crippen molar-refractivity contribution >= 4 is 46.3 Å². The maximum atomic E-state index is 12.8. The molecule has 2 rings (SSSR count). The Hall–Kier alpha value is -3.04. The minimum Gasteiger partial charge on any atom is -0.493 e. The Morgan fingerprint density at radius 1 is 0.909 bits per heavy atom. The molecule has 0 bridgehead atoms. The van der Waals surface area contributed by atoms with Crippen LogP contribution in [-0.2, 0) is 9.59 Å². The predicted octanol–water partition coefficient (Wildman–Crippen LogP) is 5.49. The third kappa shape index (κ3) is 6.72. The summed E-state index contributed by atoms with van der Waals surface area (Å²) in [5, 5.41) is 10.9. The number of benzene rings is 2. The summed E-state index contributed by atoms with van der Waals surface area (Å²) in [5.74, 6) is 0.347. The molecule has 1 amide bonds. The molecule has 0 aliphatic rings. The molecule has 11 heteroatoms. The third-order valence-electron chi connectivity index (χ3n) is 4.26. The predicted molar refractivity (Wildman–Crippen MR) is 126 cm³/mol. The number of nitrogens with zero attached hydrogens (tertiary/aromatic N) is 2. The summed E-state index contributed by atoms with van der Waals surface area (Å²) in [4.78, 5) is 24.9. The van der Waals surface area contributed by atoms with Crippen LogP contribution in [0.25, 0.3) is 0 Å². The van der Waals surface area contributed by atoms with Crippen molar-refractivity contribution < 1.29 is 28.5 Å². The number of carbonyl (C=O) groups is 2. The lowest BCUT2D eigenvalue weighted by Crippen LogP contribution is -2.31. The van der Waals surface area contributed by atoms with Crippen molar-refractivity contribution in [2.75, 3.05) is 32.8 Å². The van der Waals surface area contributed by atoms with Gasteiger partial charge in [-0.05, 0) is 20.8 Å². The van der Waals surface area contributed by atoms with Gasteiger partial charge in [0, 0.05) is 24.3 Å². The van der Waals surface area contributed by atoms with E-state index in [9.17, 15) is 9.59 Å². The molecular formula is C22H25Cl2N3O6. The van der Waals surface area contributed by atoms with Crippen molar-refractivity contribution in [2.45, 2.75) is 26.8 Å². The first-order valence-corrected chi connectivity index (χ1v) is 10.7. The van der Waals surface area contributed by atoms with E-state index in [1.54, 1.807) is 0 Å². The smallest absolute Gasteiger partial charge is 0.258 e. The fraction of sp³-hybridized carbons (Fsp3) is 0.364. The van der Waals surface area contributed by atoms with Crippen molar-refractivity contribution in [3.63, 3.8) is 0 Å². The lowest BCUT2D eigenvalue weighted by molar-refractivity contribution is -0.126. The van der Waals surface area contributed by atoms with Crippen LogP contribution in [0.4, 0.5) is 11.4 Å². The third-order valence-corrected chi connectivity index (χ3v) is 4.87. The van der Waals surface area contributed by atoms with Crippen molar-refractivity contribution in [3.05, 3.63) is 34.3 Å². The molecule has 0 aromatic heterocycles. The summed E-state index contributed by atoms with van der Waals surface area (Å²) in [5.41, 5.74) is 0.435. The molecule has 0 radical (unpaired) electrons. The normalized spacial score (nSPS) is 11.7. The number of anilines is 1. The van der Waals surface area contributed by atoms with Crippen LogP contribution in [0.3, 0.4) is 0 Å². The van der Waals surface area contributed by atoms with E-state index < -0.39 is 17.7 Å². The zero-order chi connectivity index (χ0) is 24.5. The molecule has 178 valence electrons. The van der Waals surface area contributed by atoms with E-state index in [-0.39, 0.29) is 21.4 Å². The van der Waals surface area contributed by atoms with Gasteiger partial charge in [0.25, 0.3) is 5.91 Å². The summed E-state index contributed by atoms with van der Waals surface area (Å²) in [6.07, 6.45) is 0. The first-order chi connectivity index (χ1) is 15.7. The molecule has 0 fully saturated rings. The molecule has 33 heavy (non-hydrogen) atoms. The number of Topliss-reactive ketones (excluding diaryl/α,β-unsaturated/α-hetero) is 1. The molecular weight excluding hydrogens is 473 g/mol. The maximum Gasteiger partial charge on any atom is 0.258 e. The molecule has 0 saturated carbocycles. The highest BCUT2D eigenvalue weighted by molar-refractivity contribution is 6.34. The highest BCUT2D eigenvalue weighted by Gasteiger charge is 2.25. The quantitative estimate of drug-likeness (QED) is 0.324. The van der Waals surface area contributed by atoms with Crippen LogP contribution in [0.2, 0.25) is 10.0 Å². The molecule has 2 aromatic carbocycles. The van der Waals surface area contributed by atoms with E-state index in [1.807, 2.05) is 13.8 Å². The van der Waals surface area contributed by atoms with Gasteiger partial charge in [-0.15, -0.1) is 0 Å². The van der Waals surface area contributed by atoms with E-state index >= 15 is 0 Å². The average molecular weight is 498 g/mol. The molecule has 0 spiro atoms. The summed E-state index contributed by atoms with van der Waals surface area (Å²) in [6.45, 7) is 5.69. The highest BCUT2D eigenvalue weighted by atomic mass is 35.5. The Labute approximate surface area is 202 Å². The number of ether oxygens (including phenoxy) is 4. The fourth-order valence-corrected chi connectivity index (χ4v) is 3.12. The van der Waals surface area contributed by atoms with Gasteiger partial charge in [0.05, 0.1) is 43.2 Å². The van der Waals surface area contributed by atoms with Gasteiger partial charge in [-0.25, -0.2) is 0 Å². The summed E-state index contributed by atoms with van der Waals surface area (Å²) < 4.78 is 21.4. The number of nitrogens with one attached hydrogen (secondary N) is 1. The van der Waals surface area contributed by atoms with Crippen molar-refractivity contribution in [2.24, 2.45) is 10.2 Å². The second-order valence-electron chi connectivity index (χ2n) is 6.52. The second-order valence-corrected chi connectivity index (χ2v) is 7.34. The summed E-state index contributed by atoms with van der Waals surface area (Å²) >= 11 is 12.5. The largest absolute Gasteiger partial charge is 0.493 e. The molecule has 2 aromatic rings. The van der Waals surface area contributed by atoms with Crippen molar-refractivity contribution in [3.8, 4) is 23.0 Å².